The van der Waals surface area contributed by atoms with Crippen LogP contribution >= 0.6 is 0 Å². The lowest BCUT2D eigenvalue weighted by atomic mass is 10.0. The van der Waals surface area contributed by atoms with Crippen molar-refractivity contribution in [3.63, 3.8) is 0 Å². The van der Waals surface area contributed by atoms with E-state index in [0.717, 1.165) is 34.3 Å². The Kier molecular flexibility index (Phi) is 6.47. The van der Waals surface area contributed by atoms with Gasteiger partial charge < -0.3 is 20.1 Å². The fourth-order valence-electron chi connectivity index (χ4n) is 3.85. The summed E-state index contributed by atoms with van der Waals surface area (Å²) in [6.07, 6.45) is 1.45. The molecule has 0 fully saturated rings. The van der Waals surface area contributed by atoms with E-state index in [9.17, 15) is 14.7 Å². The van der Waals surface area contributed by atoms with E-state index in [1.165, 1.54) is 12.0 Å². The van der Waals surface area contributed by atoms with Crippen LogP contribution in [0.25, 0.3) is 10.9 Å². The van der Waals surface area contributed by atoms with Crippen molar-refractivity contribution in [2.75, 3.05) is 32.1 Å². The summed E-state index contributed by atoms with van der Waals surface area (Å²) < 4.78 is 4.86. The quantitative estimate of drug-likeness (QED) is 0.533. The van der Waals surface area contributed by atoms with Crippen molar-refractivity contribution in [3.8, 4) is 0 Å². The number of nitrogens with one attached hydrogen (secondary N) is 1. The number of hydrogen-bond donors (Lipinski definition) is 2. The summed E-state index contributed by atoms with van der Waals surface area (Å²) in [5, 5.41) is 13.5. The number of anilines is 1. The Bertz CT molecular complexity index is 1190. The van der Waals surface area contributed by atoms with Crippen molar-refractivity contribution in [1.82, 2.24) is 9.88 Å². The van der Waals surface area contributed by atoms with Crippen LogP contribution < -0.4 is 5.32 Å². The first kappa shape index (κ1) is 21.5. The Morgan fingerprint density at radius 3 is 2.69 bits per heavy atom. The maximum atomic E-state index is 12.8. The number of carbonyl (C=O) groups excluding carboxylic acids is 2. The predicted molar refractivity (Wildman–Crippen MR) is 122 cm³/mol. The molecular weight excluding hydrogens is 406 g/mol. The van der Waals surface area contributed by atoms with Crippen molar-refractivity contribution in [2.24, 2.45) is 0 Å². The molecule has 2 heterocycles. The minimum atomic E-state index is -0.556. The van der Waals surface area contributed by atoms with Gasteiger partial charge in [-0.3, -0.25) is 9.78 Å². The number of aryl methyl sites for hydroxylation is 2. The minimum Gasteiger partial charge on any atom is -0.466 e. The van der Waals surface area contributed by atoms with Crippen molar-refractivity contribution in [2.45, 2.75) is 12.8 Å². The summed E-state index contributed by atoms with van der Waals surface area (Å²) in [5.41, 5.74) is 4.17. The van der Waals surface area contributed by atoms with Crippen LogP contribution in [0.4, 0.5) is 5.69 Å². The fourth-order valence-corrected chi connectivity index (χ4v) is 3.85. The number of nitrogens with zero attached hydrogens (tertiary/aromatic N) is 2. The van der Waals surface area contributed by atoms with E-state index in [1.807, 2.05) is 54.6 Å². The Labute approximate surface area is 186 Å². The monoisotopic (exact) mass is 431 g/mol. The highest BCUT2D eigenvalue weighted by Crippen LogP contribution is 2.25. The van der Waals surface area contributed by atoms with Crippen molar-refractivity contribution in [3.05, 3.63) is 83.2 Å². The predicted octanol–water partition coefficient (Wildman–Crippen LogP) is 2.69. The number of pyridine rings is 1. The highest BCUT2D eigenvalue weighted by atomic mass is 16.5. The van der Waals surface area contributed by atoms with E-state index in [-0.39, 0.29) is 36.9 Å². The molecule has 0 aliphatic carbocycles. The number of β-amino-alcohol motifs (C(OH)–C–C–N with tert-alkyl or cyclic N) is 1. The van der Waals surface area contributed by atoms with Crippen LogP contribution in [0.2, 0.25) is 0 Å². The standard InChI is InChI=1S/C25H25N3O4/c1-32-25(31)20-16-28(14-15-29)24(30)23(20)27-22-9-5-3-7-18(22)11-13-19-12-10-17-6-2-4-8-21(17)26-19/h2-10,12,27,29H,11,13-16H2,1H3. The van der Waals surface area contributed by atoms with E-state index in [4.69, 9.17) is 9.72 Å². The molecule has 1 aromatic heterocycles. The number of esters is 1. The van der Waals surface area contributed by atoms with Gasteiger partial charge >= 0.3 is 5.97 Å². The second kappa shape index (κ2) is 9.62. The largest absolute Gasteiger partial charge is 0.466 e. The third kappa shape index (κ3) is 4.48. The van der Waals surface area contributed by atoms with E-state index in [1.54, 1.807) is 0 Å². The number of rotatable bonds is 8. The van der Waals surface area contributed by atoms with Gasteiger partial charge in [-0.1, -0.05) is 42.5 Å². The van der Waals surface area contributed by atoms with Crippen LogP contribution in [0.1, 0.15) is 11.3 Å². The number of para-hydroxylation sites is 2. The number of aromatic nitrogens is 1. The summed E-state index contributed by atoms with van der Waals surface area (Å²) in [4.78, 5) is 31.2. The van der Waals surface area contributed by atoms with Crippen LogP contribution in [0.3, 0.4) is 0 Å². The lowest BCUT2D eigenvalue weighted by Gasteiger charge is -2.16. The molecule has 1 aliphatic rings. The molecule has 0 radical (unpaired) electrons. The normalized spacial score (nSPS) is 13.7. The average Bonchev–Trinajstić information content (AvgIpc) is 3.13. The first-order chi connectivity index (χ1) is 15.6. The number of aliphatic hydroxyl groups excluding tert-OH is 1. The zero-order chi connectivity index (χ0) is 22.5. The molecular formula is C25H25N3O4. The Balaban J connectivity index is 1.55. The molecule has 0 bridgehead atoms. The van der Waals surface area contributed by atoms with Gasteiger partial charge in [0, 0.05) is 23.3 Å². The summed E-state index contributed by atoms with van der Waals surface area (Å²) in [6, 6.07) is 19.8. The number of aliphatic hydroxyl groups is 1. The first-order valence-electron chi connectivity index (χ1n) is 10.5. The van der Waals surface area contributed by atoms with Gasteiger partial charge in [0.2, 0.25) is 0 Å². The fraction of sp³-hybridized carbons (Fsp3) is 0.240. The third-order valence-corrected chi connectivity index (χ3v) is 5.54. The Morgan fingerprint density at radius 2 is 1.88 bits per heavy atom. The van der Waals surface area contributed by atoms with Gasteiger partial charge in [0.1, 0.15) is 5.70 Å². The van der Waals surface area contributed by atoms with Crippen molar-refractivity contribution >= 4 is 28.5 Å². The molecule has 0 spiro atoms. The minimum absolute atomic E-state index is 0.109. The van der Waals surface area contributed by atoms with Gasteiger partial charge in [-0.2, -0.15) is 0 Å². The van der Waals surface area contributed by atoms with Crippen molar-refractivity contribution in [1.29, 1.82) is 0 Å². The van der Waals surface area contributed by atoms with E-state index < -0.39 is 5.97 Å². The van der Waals surface area contributed by atoms with Crippen LogP contribution in [-0.4, -0.2) is 53.7 Å². The number of methoxy groups -OCH3 is 1. The summed E-state index contributed by atoms with van der Waals surface area (Å²) in [7, 11) is 1.29. The van der Waals surface area contributed by atoms with Gasteiger partial charge in [-0.25, -0.2) is 4.79 Å². The smallest absolute Gasteiger partial charge is 0.337 e. The van der Waals surface area contributed by atoms with Gasteiger partial charge in [-0.05, 0) is 36.6 Å². The highest BCUT2D eigenvalue weighted by molar-refractivity contribution is 6.08. The number of ether oxygens (including phenoxy) is 1. The molecule has 2 aromatic carbocycles. The van der Waals surface area contributed by atoms with Gasteiger partial charge in [0.25, 0.3) is 5.91 Å². The van der Waals surface area contributed by atoms with Crippen LogP contribution in [0.5, 0.6) is 0 Å². The molecule has 3 aromatic rings. The lowest BCUT2D eigenvalue weighted by molar-refractivity contribution is -0.136. The van der Waals surface area contributed by atoms with Crippen LogP contribution in [-0.2, 0) is 27.2 Å². The second-order valence-corrected chi connectivity index (χ2v) is 7.57. The summed E-state index contributed by atoms with van der Waals surface area (Å²) >= 11 is 0. The second-order valence-electron chi connectivity index (χ2n) is 7.57. The molecule has 0 unspecified atom stereocenters. The number of fused-ring (bicyclic) bond motifs is 1. The van der Waals surface area contributed by atoms with Crippen LogP contribution in [0.15, 0.2) is 71.9 Å². The molecule has 4 rings (SSSR count). The maximum Gasteiger partial charge on any atom is 0.337 e. The third-order valence-electron chi connectivity index (χ3n) is 5.54. The molecule has 0 saturated carbocycles. The van der Waals surface area contributed by atoms with E-state index >= 15 is 0 Å². The molecule has 7 heteroatoms. The SMILES string of the molecule is COC(=O)C1=C(Nc2ccccc2CCc2ccc3ccccc3n2)C(=O)N(CCO)C1. The van der Waals surface area contributed by atoms with E-state index in [0.29, 0.717) is 6.42 Å². The molecule has 164 valence electrons. The Morgan fingerprint density at radius 1 is 1.09 bits per heavy atom. The van der Waals surface area contributed by atoms with Crippen molar-refractivity contribution < 1.29 is 19.4 Å². The zero-order valence-corrected chi connectivity index (χ0v) is 17.9. The molecule has 32 heavy (non-hydrogen) atoms. The molecule has 1 amide bonds. The first-order valence-corrected chi connectivity index (χ1v) is 10.5. The number of hydrogen-bond acceptors (Lipinski definition) is 6. The number of amides is 1. The maximum absolute atomic E-state index is 12.8. The molecule has 1 aliphatic heterocycles. The summed E-state index contributed by atoms with van der Waals surface area (Å²) in [6.45, 7) is 0.0835. The molecule has 0 saturated heterocycles. The highest BCUT2D eigenvalue weighted by Gasteiger charge is 2.34. The molecule has 0 atom stereocenters. The lowest BCUT2D eigenvalue weighted by Crippen LogP contribution is -2.31. The zero-order valence-electron chi connectivity index (χ0n) is 17.9. The summed E-state index contributed by atoms with van der Waals surface area (Å²) in [5.74, 6) is -0.885. The molecule has 2 N–H and O–H groups in total. The average molecular weight is 431 g/mol. The molecule has 7 nitrogen and oxygen atoms in total. The van der Waals surface area contributed by atoms with Crippen LogP contribution in [0, 0.1) is 0 Å². The number of carbonyl (C=O) groups is 2. The van der Waals surface area contributed by atoms with E-state index in [2.05, 4.69) is 11.4 Å². The Hall–Kier alpha value is -3.71. The van der Waals surface area contributed by atoms with Gasteiger partial charge in [0.15, 0.2) is 0 Å². The number of benzene rings is 2. The van der Waals surface area contributed by atoms with Gasteiger partial charge in [-0.15, -0.1) is 0 Å². The van der Waals surface area contributed by atoms with Gasteiger partial charge in [0.05, 0.1) is 31.4 Å². The topological polar surface area (TPSA) is 91.8 Å².